The van der Waals surface area contributed by atoms with Gasteiger partial charge >= 0.3 is 0 Å². The molecule has 0 fully saturated rings. The van der Waals surface area contributed by atoms with Crippen LogP contribution >= 0.6 is 0 Å². The second-order valence-corrected chi connectivity index (χ2v) is 6.44. The molecule has 1 aromatic heterocycles. The maximum Gasteiger partial charge on any atom is 0.121 e. The second-order valence-electron chi connectivity index (χ2n) is 6.44. The minimum atomic E-state index is -1.14. The molecule has 0 amide bonds. The molecule has 4 aromatic rings. The van der Waals surface area contributed by atoms with Crippen LogP contribution in [-0.4, -0.2) is 22.5 Å². The molecule has 130 valence electrons. The third kappa shape index (κ3) is 2.88. The summed E-state index contributed by atoms with van der Waals surface area (Å²) in [5, 5.41) is 10.2. The summed E-state index contributed by atoms with van der Waals surface area (Å²) < 4.78 is 1.97. The summed E-state index contributed by atoms with van der Waals surface area (Å²) in [4.78, 5) is 4.31. The molecule has 4 heteroatoms. The van der Waals surface area contributed by atoms with E-state index in [-0.39, 0.29) is 0 Å². The fourth-order valence-electron chi connectivity index (χ4n) is 3.76. The zero-order valence-corrected chi connectivity index (χ0v) is 14.8. The smallest absolute Gasteiger partial charge is 0.121 e. The standard InChI is InChI=1S/C23H19BN2O/c24-22(27)21-16-25-17-26(21)23(18-10-4-1-5-11-18,19-12-6-2-7-13-19)20-14-8-3-9-15-20/h1-17,22,27H. The van der Waals surface area contributed by atoms with Crippen LogP contribution in [0.3, 0.4) is 0 Å². The largest absolute Gasteiger partial charge is 0.397 e. The first kappa shape index (κ1) is 17.3. The molecule has 2 radical (unpaired) electrons. The zero-order valence-electron chi connectivity index (χ0n) is 14.8. The molecule has 1 N–H and O–H groups in total. The van der Waals surface area contributed by atoms with E-state index in [4.69, 9.17) is 7.85 Å². The average Bonchev–Trinajstić information content (AvgIpc) is 3.22. The Morgan fingerprint density at radius 3 is 1.52 bits per heavy atom. The lowest BCUT2D eigenvalue weighted by molar-refractivity contribution is 0.246. The Kier molecular flexibility index (Phi) is 4.65. The first-order chi connectivity index (χ1) is 13.2. The highest BCUT2D eigenvalue weighted by Gasteiger charge is 2.39. The van der Waals surface area contributed by atoms with Crippen molar-refractivity contribution in [3.05, 3.63) is 126 Å². The summed E-state index contributed by atoms with van der Waals surface area (Å²) in [5.74, 6) is 0. The molecule has 27 heavy (non-hydrogen) atoms. The number of rotatable bonds is 5. The van der Waals surface area contributed by atoms with Crippen LogP contribution in [0.1, 0.15) is 28.4 Å². The number of nitrogens with zero attached hydrogens (tertiary/aromatic N) is 2. The molecule has 0 aliphatic heterocycles. The van der Waals surface area contributed by atoms with Gasteiger partial charge in [-0.2, -0.15) is 0 Å². The van der Waals surface area contributed by atoms with E-state index in [1.807, 2.05) is 59.2 Å². The number of benzene rings is 3. The van der Waals surface area contributed by atoms with Gasteiger partial charge in [0.2, 0.25) is 0 Å². The number of aliphatic hydroxyl groups is 1. The molecule has 3 aromatic carbocycles. The van der Waals surface area contributed by atoms with Gasteiger partial charge in [-0.25, -0.2) is 4.98 Å². The van der Waals surface area contributed by atoms with Crippen molar-refractivity contribution in [2.24, 2.45) is 0 Å². The first-order valence-corrected chi connectivity index (χ1v) is 8.87. The molecule has 0 aliphatic rings. The van der Waals surface area contributed by atoms with Crippen molar-refractivity contribution >= 4 is 7.85 Å². The Morgan fingerprint density at radius 2 is 1.15 bits per heavy atom. The Balaban J connectivity index is 2.15. The highest BCUT2D eigenvalue weighted by atomic mass is 16.3. The molecule has 0 spiro atoms. The van der Waals surface area contributed by atoms with Gasteiger partial charge in [0.25, 0.3) is 0 Å². The van der Waals surface area contributed by atoms with Crippen LogP contribution in [0.15, 0.2) is 104 Å². The van der Waals surface area contributed by atoms with Crippen LogP contribution in [0, 0.1) is 0 Å². The van der Waals surface area contributed by atoms with Crippen LogP contribution in [0.2, 0.25) is 0 Å². The minimum absolute atomic E-state index is 0.548. The van der Waals surface area contributed by atoms with Crippen LogP contribution in [0.25, 0.3) is 0 Å². The molecule has 0 saturated carbocycles. The van der Waals surface area contributed by atoms with Gasteiger partial charge in [-0.1, -0.05) is 91.0 Å². The van der Waals surface area contributed by atoms with Crippen molar-refractivity contribution in [3.8, 4) is 0 Å². The summed E-state index contributed by atoms with van der Waals surface area (Å²) >= 11 is 0. The number of aliphatic hydroxyl groups excluding tert-OH is 1. The Morgan fingerprint density at radius 1 is 0.741 bits per heavy atom. The van der Waals surface area contributed by atoms with Gasteiger partial charge in [0.1, 0.15) is 13.4 Å². The number of hydrogen-bond acceptors (Lipinski definition) is 2. The molecule has 3 nitrogen and oxygen atoms in total. The number of imidazole rings is 1. The average molecular weight is 350 g/mol. The first-order valence-electron chi connectivity index (χ1n) is 8.87. The monoisotopic (exact) mass is 350 g/mol. The molecule has 0 aliphatic carbocycles. The van der Waals surface area contributed by atoms with E-state index in [0.29, 0.717) is 5.69 Å². The summed E-state index contributed by atoms with van der Waals surface area (Å²) in [6.45, 7) is 0. The Labute approximate surface area is 160 Å². The lowest BCUT2D eigenvalue weighted by atomic mass is 9.76. The molecule has 0 saturated heterocycles. The normalized spacial score (nSPS) is 12.6. The maximum atomic E-state index is 10.2. The highest BCUT2D eigenvalue weighted by molar-refractivity contribution is 6.10. The number of aromatic nitrogens is 2. The van der Waals surface area contributed by atoms with Crippen molar-refractivity contribution in [3.63, 3.8) is 0 Å². The van der Waals surface area contributed by atoms with E-state index in [1.165, 1.54) is 0 Å². The maximum absolute atomic E-state index is 10.2. The van der Waals surface area contributed by atoms with E-state index < -0.39 is 11.5 Å². The Bertz CT molecular complexity index is 902. The third-order valence-corrected chi connectivity index (χ3v) is 4.91. The lowest BCUT2D eigenvalue weighted by Gasteiger charge is -2.39. The van der Waals surface area contributed by atoms with Crippen molar-refractivity contribution < 1.29 is 5.11 Å². The van der Waals surface area contributed by atoms with Crippen molar-refractivity contribution in [2.45, 2.75) is 11.5 Å². The summed E-state index contributed by atoms with van der Waals surface area (Å²) in [6, 6.07) is 29.5. The number of hydrogen-bond donors (Lipinski definition) is 1. The second kappa shape index (κ2) is 7.26. The van der Waals surface area contributed by atoms with E-state index in [2.05, 4.69) is 41.4 Å². The van der Waals surface area contributed by atoms with Gasteiger partial charge in [0.05, 0.1) is 18.0 Å². The van der Waals surface area contributed by atoms with E-state index in [0.717, 1.165) is 16.7 Å². The fraction of sp³-hybridized carbons (Fsp3) is 0.0870. The molecule has 1 unspecified atom stereocenters. The van der Waals surface area contributed by atoms with Gasteiger partial charge in [-0.15, -0.1) is 0 Å². The summed E-state index contributed by atoms with van der Waals surface area (Å²) in [6.07, 6.45) is 3.35. The SMILES string of the molecule is [B]C(O)c1cncn1C(c1ccccc1)(c1ccccc1)c1ccccc1. The molecular weight excluding hydrogens is 331 g/mol. The Hall–Kier alpha value is -3.11. The highest BCUT2D eigenvalue weighted by Crippen LogP contribution is 2.42. The topological polar surface area (TPSA) is 38.1 Å². The predicted molar refractivity (Wildman–Crippen MR) is 108 cm³/mol. The van der Waals surface area contributed by atoms with Crippen LogP contribution in [0.5, 0.6) is 0 Å². The fourth-order valence-corrected chi connectivity index (χ4v) is 3.76. The van der Waals surface area contributed by atoms with Gasteiger partial charge in [0, 0.05) is 6.20 Å². The van der Waals surface area contributed by atoms with Crippen molar-refractivity contribution in [2.75, 3.05) is 0 Å². The van der Waals surface area contributed by atoms with Gasteiger partial charge in [0.15, 0.2) is 0 Å². The quantitative estimate of drug-likeness (QED) is 0.438. The lowest BCUT2D eigenvalue weighted by Crippen LogP contribution is -2.38. The van der Waals surface area contributed by atoms with Crippen molar-refractivity contribution in [1.29, 1.82) is 0 Å². The summed E-state index contributed by atoms with van der Waals surface area (Å²) in [7, 11) is 5.88. The molecule has 0 bridgehead atoms. The van der Waals surface area contributed by atoms with E-state index in [9.17, 15) is 5.11 Å². The summed E-state index contributed by atoms with van der Waals surface area (Å²) in [5.41, 5.74) is 3.01. The molecule has 1 heterocycles. The van der Waals surface area contributed by atoms with Crippen LogP contribution < -0.4 is 0 Å². The van der Waals surface area contributed by atoms with Gasteiger partial charge in [-0.3, -0.25) is 0 Å². The molecule has 4 rings (SSSR count). The molecule has 1 atom stereocenters. The predicted octanol–water partition coefficient (Wildman–Crippen LogP) is 3.88. The van der Waals surface area contributed by atoms with E-state index in [1.54, 1.807) is 12.5 Å². The zero-order chi connectivity index (χ0) is 18.7. The van der Waals surface area contributed by atoms with Crippen molar-refractivity contribution in [1.82, 2.24) is 9.55 Å². The molecular formula is C23H19BN2O. The van der Waals surface area contributed by atoms with Crippen LogP contribution in [-0.2, 0) is 5.54 Å². The minimum Gasteiger partial charge on any atom is -0.397 e. The van der Waals surface area contributed by atoms with Crippen LogP contribution in [0.4, 0.5) is 0 Å². The van der Waals surface area contributed by atoms with Gasteiger partial charge < -0.3 is 9.67 Å². The third-order valence-electron chi connectivity index (χ3n) is 4.91. The van der Waals surface area contributed by atoms with E-state index >= 15 is 0 Å². The van der Waals surface area contributed by atoms with Gasteiger partial charge in [-0.05, 0) is 16.7 Å².